The molecule has 0 aliphatic carbocycles. The van der Waals surface area contributed by atoms with Crippen LogP contribution in [0.5, 0.6) is 17.2 Å². The molecule has 2 aromatic rings. The summed E-state index contributed by atoms with van der Waals surface area (Å²) in [5.74, 6) is 2.32. The molecule has 2 aliphatic rings. The van der Waals surface area contributed by atoms with Crippen molar-refractivity contribution in [3.8, 4) is 17.2 Å². The molecule has 0 saturated carbocycles. The number of hydrogen-bond acceptors (Lipinski definition) is 7. The number of rotatable bonds is 7. The quantitative estimate of drug-likeness (QED) is 0.782. The smallest absolute Gasteiger partial charge is 0.165 e. The average Bonchev–Trinajstić information content (AvgIpc) is 2.77. The zero-order valence-electron chi connectivity index (χ0n) is 16.2. The molecule has 1 aromatic carbocycles. The summed E-state index contributed by atoms with van der Waals surface area (Å²) < 4.78 is 22.4. The fraction of sp³-hybridized carbons (Fsp3) is 0.476. The van der Waals surface area contributed by atoms with Gasteiger partial charge in [-0.25, -0.2) is 0 Å². The lowest BCUT2D eigenvalue weighted by atomic mass is 10.1. The van der Waals surface area contributed by atoms with Crippen LogP contribution in [0.15, 0.2) is 36.5 Å². The molecular weight excluding hydrogens is 358 g/mol. The van der Waals surface area contributed by atoms with Crippen molar-refractivity contribution in [2.45, 2.75) is 12.6 Å². The summed E-state index contributed by atoms with van der Waals surface area (Å²) in [6.07, 6.45) is 1.85. The monoisotopic (exact) mass is 385 g/mol. The van der Waals surface area contributed by atoms with E-state index in [9.17, 15) is 0 Å². The van der Waals surface area contributed by atoms with Gasteiger partial charge in [-0.15, -0.1) is 0 Å². The zero-order chi connectivity index (χ0) is 19.2. The van der Waals surface area contributed by atoms with Crippen LogP contribution in [0, 0.1) is 0 Å². The van der Waals surface area contributed by atoms with Crippen LogP contribution < -0.4 is 19.5 Å². The Bertz CT molecular complexity index is 766. The van der Waals surface area contributed by atoms with Crippen molar-refractivity contribution < 1.29 is 18.9 Å². The van der Waals surface area contributed by atoms with Gasteiger partial charge in [-0.3, -0.25) is 9.88 Å². The van der Waals surface area contributed by atoms with E-state index in [0.717, 1.165) is 61.4 Å². The number of fused-ring (bicyclic) bond motifs is 1. The van der Waals surface area contributed by atoms with Crippen LogP contribution in [0.2, 0.25) is 0 Å². The van der Waals surface area contributed by atoms with Crippen molar-refractivity contribution in [3.63, 3.8) is 0 Å². The van der Waals surface area contributed by atoms with Crippen LogP contribution in [0.3, 0.4) is 0 Å². The SMILES string of the molecule is COc1cc2c(cc1CNCC(c1ccccn1)N1CCOCC1)OCCO2. The lowest BCUT2D eigenvalue weighted by Gasteiger charge is -2.34. The lowest BCUT2D eigenvalue weighted by molar-refractivity contribution is 0.0152. The van der Waals surface area contributed by atoms with Gasteiger partial charge in [0.15, 0.2) is 11.5 Å². The van der Waals surface area contributed by atoms with Crippen LogP contribution in [0.1, 0.15) is 17.3 Å². The van der Waals surface area contributed by atoms with Crippen LogP contribution in [0.25, 0.3) is 0 Å². The van der Waals surface area contributed by atoms with E-state index in [0.29, 0.717) is 19.8 Å². The number of ether oxygens (including phenoxy) is 4. The molecule has 0 radical (unpaired) electrons. The molecule has 1 saturated heterocycles. The summed E-state index contributed by atoms with van der Waals surface area (Å²) in [4.78, 5) is 7.02. The van der Waals surface area contributed by atoms with Crippen molar-refractivity contribution in [3.05, 3.63) is 47.8 Å². The molecular formula is C21H27N3O4. The first-order chi connectivity index (χ1) is 13.8. The Kier molecular flexibility index (Phi) is 6.26. The van der Waals surface area contributed by atoms with Crippen LogP contribution in [-0.2, 0) is 11.3 Å². The molecule has 28 heavy (non-hydrogen) atoms. The highest BCUT2D eigenvalue weighted by atomic mass is 16.6. The predicted molar refractivity (Wildman–Crippen MR) is 105 cm³/mol. The molecule has 0 amide bonds. The number of pyridine rings is 1. The van der Waals surface area contributed by atoms with Gasteiger partial charge in [-0.2, -0.15) is 0 Å². The Labute approximate surface area is 165 Å². The second kappa shape index (κ2) is 9.23. The molecule has 1 fully saturated rings. The first-order valence-corrected chi connectivity index (χ1v) is 9.75. The van der Waals surface area contributed by atoms with Gasteiger partial charge in [0.1, 0.15) is 19.0 Å². The minimum atomic E-state index is 0.202. The van der Waals surface area contributed by atoms with E-state index in [-0.39, 0.29) is 6.04 Å². The van der Waals surface area contributed by atoms with E-state index in [2.05, 4.69) is 21.3 Å². The van der Waals surface area contributed by atoms with E-state index >= 15 is 0 Å². The van der Waals surface area contributed by atoms with E-state index in [1.807, 2.05) is 30.5 Å². The standard InChI is InChI=1S/C21H27N3O4/c1-25-19-13-21-20(27-10-11-28-21)12-16(19)14-22-15-18(17-4-2-3-5-23-17)24-6-8-26-9-7-24/h2-5,12-13,18,22H,6-11,14-15H2,1H3. The number of morpholine rings is 1. The zero-order valence-corrected chi connectivity index (χ0v) is 16.2. The first-order valence-electron chi connectivity index (χ1n) is 9.75. The summed E-state index contributed by atoms with van der Waals surface area (Å²) in [5, 5.41) is 3.58. The molecule has 1 unspecified atom stereocenters. The van der Waals surface area contributed by atoms with Crippen molar-refractivity contribution in [2.24, 2.45) is 0 Å². The third kappa shape index (κ3) is 4.38. The minimum absolute atomic E-state index is 0.202. The molecule has 0 bridgehead atoms. The molecule has 1 N–H and O–H groups in total. The maximum absolute atomic E-state index is 5.72. The van der Waals surface area contributed by atoms with Gasteiger partial charge in [0, 0.05) is 44.0 Å². The van der Waals surface area contributed by atoms with E-state index in [1.54, 1.807) is 7.11 Å². The van der Waals surface area contributed by atoms with Gasteiger partial charge in [0.05, 0.1) is 32.1 Å². The number of nitrogens with zero attached hydrogens (tertiary/aromatic N) is 2. The van der Waals surface area contributed by atoms with Gasteiger partial charge in [0.25, 0.3) is 0 Å². The Morgan fingerprint density at radius 2 is 1.89 bits per heavy atom. The number of nitrogens with one attached hydrogen (secondary N) is 1. The molecule has 1 atom stereocenters. The highest BCUT2D eigenvalue weighted by Gasteiger charge is 2.23. The number of aromatic nitrogens is 1. The van der Waals surface area contributed by atoms with E-state index < -0.39 is 0 Å². The normalized spacial score (nSPS) is 17.9. The van der Waals surface area contributed by atoms with Gasteiger partial charge < -0.3 is 24.3 Å². The molecule has 0 spiro atoms. The maximum atomic E-state index is 5.72. The summed E-state index contributed by atoms with van der Waals surface area (Å²) in [6.45, 7) is 5.96. The number of hydrogen-bond donors (Lipinski definition) is 1. The largest absolute Gasteiger partial charge is 0.496 e. The number of methoxy groups -OCH3 is 1. The van der Waals surface area contributed by atoms with Crippen molar-refractivity contribution in [1.82, 2.24) is 15.2 Å². The second-order valence-corrected chi connectivity index (χ2v) is 6.86. The Morgan fingerprint density at radius 1 is 1.11 bits per heavy atom. The Hall–Kier alpha value is -2.35. The number of benzene rings is 1. The van der Waals surface area contributed by atoms with Crippen LogP contribution in [0.4, 0.5) is 0 Å². The highest BCUT2D eigenvalue weighted by molar-refractivity contribution is 5.51. The lowest BCUT2D eigenvalue weighted by Crippen LogP contribution is -2.43. The highest BCUT2D eigenvalue weighted by Crippen LogP contribution is 2.36. The van der Waals surface area contributed by atoms with Crippen LogP contribution in [-0.4, -0.2) is 63.1 Å². The fourth-order valence-electron chi connectivity index (χ4n) is 3.67. The molecule has 4 rings (SSSR count). The third-order valence-corrected chi connectivity index (χ3v) is 5.11. The van der Waals surface area contributed by atoms with Crippen molar-refractivity contribution in [2.75, 3.05) is 53.2 Å². The molecule has 7 heteroatoms. The first kappa shape index (κ1) is 19.0. The van der Waals surface area contributed by atoms with Gasteiger partial charge in [-0.05, 0) is 18.2 Å². The summed E-state index contributed by atoms with van der Waals surface area (Å²) in [6, 6.07) is 10.2. The van der Waals surface area contributed by atoms with Crippen molar-refractivity contribution >= 4 is 0 Å². The molecule has 1 aromatic heterocycles. The van der Waals surface area contributed by atoms with E-state index in [1.165, 1.54) is 0 Å². The molecule has 3 heterocycles. The van der Waals surface area contributed by atoms with Gasteiger partial charge in [-0.1, -0.05) is 6.07 Å². The molecule has 7 nitrogen and oxygen atoms in total. The third-order valence-electron chi connectivity index (χ3n) is 5.11. The second-order valence-electron chi connectivity index (χ2n) is 6.86. The van der Waals surface area contributed by atoms with Crippen LogP contribution >= 0.6 is 0 Å². The predicted octanol–water partition coefficient (Wildman–Crippen LogP) is 2.02. The van der Waals surface area contributed by atoms with Crippen molar-refractivity contribution in [1.29, 1.82) is 0 Å². The summed E-state index contributed by atoms with van der Waals surface area (Å²) in [5.41, 5.74) is 2.12. The summed E-state index contributed by atoms with van der Waals surface area (Å²) >= 11 is 0. The molecule has 2 aliphatic heterocycles. The van der Waals surface area contributed by atoms with Gasteiger partial charge >= 0.3 is 0 Å². The Balaban J connectivity index is 1.46. The minimum Gasteiger partial charge on any atom is -0.496 e. The maximum Gasteiger partial charge on any atom is 0.165 e. The Morgan fingerprint density at radius 3 is 2.61 bits per heavy atom. The van der Waals surface area contributed by atoms with E-state index in [4.69, 9.17) is 18.9 Å². The molecule has 150 valence electrons. The fourth-order valence-corrected chi connectivity index (χ4v) is 3.67. The topological polar surface area (TPSA) is 65.1 Å². The average molecular weight is 385 g/mol. The summed E-state index contributed by atoms with van der Waals surface area (Å²) in [7, 11) is 1.68. The van der Waals surface area contributed by atoms with Gasteiger partial charge in [0.2, 0.25) is 0 Å².